The molecule has 1 saturated heterocycles. The molecule has 2 heterocycles. The molecule has 0 radical (unpaired) electrons. The van der Waals surface area contributed by atoms with Crippen LogP contribution in [-0.2, 0) is 33.6 Å². The molecule has 7 heteroatoms. The quantitative estimate of drug-likeness (QED) is 0.574. The van der Waals surface area contributed by atoms with Crippen LogP contribution < -0.4 is 9.47 Å². The standard InChI is InChI=1S/C32H42N2O5/c1-24(2)34-18-19-37-29-13-6-5-10-26(29)11-7-8-16-32(31(34)36)23-33(17-20-39-32)30(35)22-38-28-15-14-25-9-3-4-12-27(25)21-28/h5-6,10,13-15,21,24H,3-4,7-9,11-12,16-20,22-23H2,1-2H3. The van der Waals surface area contributed by atoms with Crippen LogP contribution >= 0.6 is 0 Å². The molecule has 2 aromatic carbocycles. The maximum Gasteiger partial charge on any atom is 0.260 e. The van der Waals surface area contributed by atoms with E-state index in [0.717, 1.165) is 43.6 Å². The number of hydrogen-bond donors (Lipinski definition) is 0. The molecule has 1 spiro atoms. The predicted molar refractivity (Wildman–Crippen MR) is 150 cm³/mol. The topological polar surface area (TPSA) is 68.3 Å². The second-order valence-electron chi connectivity index (χ2n) is 11.3. The zero-order valence-electron chi connectivity index (χ0n) is 23.5. The molecular formula is C32H42N2O5. The fourth-order valence-corrected chi connectivity index (χ4v) is 6.11. The highest BCUT2D eigenvalue weighted by Crippen LogP contribution is 2.31. The van der Waals surface area contributed by atoms with Gasteiger partial charge in [0.25, 0.3) is 11.8 Å². The number of morpholine rings is 1. The number of benzene rings is 2. The lowest BCUT2D eigenvalue weighted by Crippen LogP contribution is -2.63. The summed E-state index contributed by atoms with van der Waals surface area (Å²) < 4.78 is 18.4. The Kier molecular flexibility index (Phi) is 8.75. The summed E-state index contributed by atoms with van der Waals surface area (Å²) in [5.41, 5.74) is 2.86. The van der Waals surface area contributed by atoms with Crippen LogP contribution in [0.3, 0.4) is 0 Å². The average Bonchev–Trinajstić information content (AvgIpc) is 2.96. The van der Waals surface area contributed by atoms with Crippen molar-refractivity contribution in [3.05, 3.63) is 59.2 Å². The van der Waals surface area contributed by atoms with E-state index >= 15 is 0 Å². The summed E-state index contributed by atoms with van der Waals surface area (Å²) in [6.07, 6.45) is 7.81. The van der Waals surface area contributed by atoms with Crippen molar-refractivity contribution in [1.29, 1.82) is 0 Å². The number of hydrogen-bond acceptors (Lipinski definition) is 5. The number of para-hydroxylation sites is 1. The summed E-state index contributed by atoms with van der Waals surface area (Å²) in [5.74, 6) is 1.47. The van der Waals surface area contributed by atoms with Crippen molar-refractivity contribution in [3.8, 4) is 11.5 Å². The number of carbonyl (C=O) groups is 2. The number of amides is 2. The molecule has 2 amide bonds. The van der Waals surface area contributed by atoms with Crippen molar-refractivity contribution in [2.24, 2.45) is 0 Å². The highest BCUT2D eigenvalue weighted by molar-refractivity contribution is 5.87. The molecule has 1 unspecified atom stereocenters. The van der Waals surface area contributed by atoms with Crippen LogP contribution in [0.5, 0.6) is 11.5 Å². The first-order valence-corrected chi connectivity index (χ1v) is 14.6. The molecule has 0 N–H and O–H groups in total. The molecule has 5 rings (SSSR count). The molecule has 2 aliphatic heterocycles. The van der Waals surface area contributed by atoms with Crippen LogP contribution in [0.25, 0.3) is 0 Å². The van der Waals surface area contributed by atoms with Gasteiger partial charge in [-0.3, -0.25) is 9.59 Å². The van der Waals surface area contributed by atoms with Gasteiger partial charge >= 0.3 is 0 Å². The Morgan fingerprint density at radius 2 is 1.72 bits per heavy atom. The van der Waals surface area contributed by atoms with Gasteiger partial charge in [-0.15, -0.1) is 0 Å². The Balaban J connectivity index is 1.29. The minimum atomic E-state index is -1.05. The van der Waals surface area contributed by atoms with Crippen molar-refractivity contribution >= 4 is 11.8 Å². The van der Waals surface area contributed by atoms with Crippen molar-refractivity contribution in [1.82, 2.24) is 9.80 Å². The third-order valence-corrected chi connectivity index (χ3v) is 8.33. The van der Waals surface area contributed by atoms with Gasteiger partial charge in [0, 0.05) is 12.6 Å². The zero-order valence-corrected chi connectivity index (χ0v) is 23.5. The van der Waals surface area contributed by atoms with E-state index in [1.54, 1.807) is 4.90 Å². The number of aryl methyl sites for hydroxylation is 3. The third-order valence-electron chi connectivity index (χ3n) is 8.33. The van der Waals surface area contributed by atoms with E-state index in [0.29, 0.717) is 32.7 Å². The lowest BCUT2D eigenvalue weighted by molar-refractivity contribution is -0.178. The second kappa shape index (κ2) is 12.4. The molecule has 0 saturated carbocycles. The predicted octanol–water partition coefficient (Wildman–Crippen LogP) is 4.58. The summed E-state index contributed by atoms with van der Waals surface area (Å²) in [6.45, 7) is 5.91. The number of carbonyl (C=O) groups excluding carboxylic acids is 2. The fourth-order valence-electron chi connectivity index (χ4n) is 6.11. The van der Waals surface area contributed by atoms with Gasteiger partial charge in [0.2, 0.25) is 0 Å². The summed E-state index contributed by atoms with van der Waals surface area (Å²) in [7, 11) is 0. The molecule has 210 valence electrons. The first kappa shape index (κ1) is 27.5. The molecule has 3 aliphatic rings. The Labute approximate surface area is 232 Å². The highest BCUT2D eigenvalue weighted by Gasteiger charge is 2.47. The molecule has 1 fully saturated rings. The van der Waals surface area contributed by atoms with E-state index in [4.69, 9.17) is 14.2 Å². The van der Waals surface area contributed by atoms with E-state index in [9.17, 15) is 9.59 Å². The van der Waals surface area contributed by atoms with Crippen molar-refractivity contribution < 1.29 is 23.8 Å². The highest BCUT2D eigenvalue weighted by atomic mass is 16.5. The molecule has 39 heavy (non-hydrogen) atoms. The number of fused-ring (bicyclic) bond motifs is 2. The van der Waals surface area contributed by atoms with Crippen LogP contribution in [0.15, 0.2) is 42.5 Å². The Hall–Kier alpha value is -3.06. The lowest BCUT2D eigenvalue weighted by Gasteiger charge is -2.45. The fraction of sp³-hybridized carbons (Fsp3) is 0.562. The normalized spacial score (nSPS) is 22.4. The van der Waals surface area contributed by atoms with Crippen LogP contribution in [-0.4, -0.2) is 72.7 Å². The van der Waals surface area contributed by atoms with Gasteiger partial charge in [-0.05, 0) is 100 Å². The first-order valence-electron chi connectivity index (χ1n) is 14.6. The molecular weight excluding hydrogens is 492 g/mol. The van der Waals surface area contributed by atoms with Crippen LogP contribution in [0.4, 0.5) is 0 Å². The third kappa shape index (κ3) is 6.40. The van der Waals surface area contributed by atoms with E-state index in [-0.39, 0.29) is 31.0 Å². The summed E-state index contributed by atoms with van der Waals surface area (Å²) in [6, 6.07) is 14.3. The Bertz CT molecular complexity index is 1160. The van der Waals surface area contributed by atoms with E-state index in [1.807, 2.05) is 43.0 Å². The molecule has 0 aromatic heterocycles. The SMILES string of the molecule is CC(C)N1CCOc2ccccc2CCCCC2(CN(C(=O)COc3ccc4c(c3)CCCC4)CCO2)C1=O. The number of ether oxygens (including phenoxy) is 3. The maximum atomic E-state index is 14.1. The van der Waals surface area contributed by atoms with Crippen LogP contribution in [0.1, 0.15) is 62.6 Å². The van der Waals surface area contributed by atoms with Gasteiger partial charge < -0.3 is 24.0 Å². The van der Waals surface area contributed by atoms with E-state index in [2.05, 4.69) is 18.2 Å². The maximum absolute atomic E-state index is 14.1. The monoisotopic (exact) mass is 534 g/mol. The molecule has 1 aliphatic carbocycles. The smallest absolute Gasteiger partial charge is 0.260 e. The summed E-state index contributed by atoms with van der Waals surface area (Å²) >= 11 is 0. The van der Waals surface area contributed by atoms with Crippen molar-refractivity contribution in [2.75, 3.05) is 39.5 Å². The van der Waals surface area contributed by atoms with Gasteiger partial charge in [0.05, 0.1) is 19.7 Å². The van der Waals surface area contributed by atoms with E-state index in [1.165, 1.54) is 29.5 Å². The van der Waals surface area contributed by atoms with Crippen LogP contribution in [0.2, 0.25) is 0 Å². The Morgan fingerprint density at radius 1 is 0.949 bits per heavy atom. The molecule has 7 nitrogen and oxygen atoms in total. The van der Waals surface area contributed by atoms with Crippen LogP contribution in [0, 0.1) is 0 Å². The average molecular weight is 535 g/mol. The summed E-state index contributed by atoms with van der Waals surface area (Å²) in [5, 5.41) is 0. The lowest BCUT2D eigenvalue weighted by atomic mass is 9.90. The minimum absolute atomic E-state index is 0.0156. The first-order chi connectivity index (χ1) is 18.9. The zero-order chi connectivity index (χ0) is 27.2. The molecule has 0 bridgehead atoms. The number of nitrogens with zero attached hydrogens (tertiary/aromatic N) is 2. The van der Waals surface area contributed by atoms with Gasteiger partial charge in [-0.1, -0.05) is 24.3 Å². The molecule has 1 atom stereocenters. The largest absolute Gasteiger partial charge is 0.491 e. The second-order valence-corrected chi connectivity index (χ2v) is 11.3. The summed E-state index contributed by atoms with van der Waals surface area (Å²) in [4.78, 5) is 31.0. The molecule has 2 aromatic rings. The number of rotatable bonds is 4. The minimum Gasteiger partial charge on any atom is -0.491 e. The Morgan fingerprint density at radius 3 is 2.56 bits per heavy atom. The van der Waals surface area contributed by atoms with Gasteiger partial charge in [0.15, 0.2) is 12.2 Å². The van der Waals surface area contributed by atoms with Crippen molar-refractivity contribution in [2.45, 2.75) is 76.9 Å². The van der Waals surface area contributed by atoms with E-state index < -0.39 is 5.60 Å². The van der Waals surface area contributed by atoms with Crippen molar-refractivity contribution in [3.63, 3.8) is 0 Å². The van der Waals surface area contributed by atoms with Gasteiger partial charge in [-0.2, -0.15) is 0 Å². The van der Waals surface area contributed by atoms with Gasteiger partial charge in [-0.25, -0.2) is 0 Å². The van der Waals surface area contributed by atoms with Gasteiger partial charge in [0.1, 0.15) is 18.1 Å².